The topological polar surface area (TPSA) is 76.0 Å². The molecule has 0 bridgehead atoms. The molecule has 1 aromatic carbocycles. The second kappa shape index (κ2) is 10.00. The lowest BCUT2D eigenvalue weighted by Crippen LogP contribution is -2.26. The minimum absolute atomic E-state index is 0.0201. The maximum absolute atomic E-state index is 14.5. The number of alkyl halides is 1. The van der Waals surface area contributed by atoms with E-state index in [1.807, 2.05) is 19.1 Å². The van der Waals surface area contributed by atoms with Crippen LogP contribution in [-0.4, -0.2) is 34.3 Å². The van der Waals surface area contributed by atoms with E-state index in [2.05, 4.69) is 22.3 Å². The SMILES string of the molecule is C=CC/C(=C(F)\C=C/CF)n1ncc(C(=O)Nc2cc(C(=O)NC3C=C3)ccc2C)c1C. The van der Waals surface area contributed by atoms with Gasteiger partial charge in [0.15, 0.2) is 0 Å². The zero-order valence-corrected chi connectivity index (χ0v) is 17.9. The molecule has 0 fully saturated rings. The van der Waals surface area contributed by atoms with Crippen molar-refractivity contribution in [3.63, 3.8) is 0 Å². The van der Waals surface area contributed by atoms with Crippen LogP contribution in [0.4, 0.5) is 14.5 Å². The Balaban J connectivity index is 1.85. The van der Waals surface area contributed by atoms with Crippen molar-refractivity contribution in [3.8, 4) is 0 Å². The van der Waals surface area contributed by atoms with Crippen molar-refractivity contribution in [2.24, 2.45) is 0 Å². The van der Waals surface area contributed by atoms with Crippen LogP contribution in [0.1, 0.15) is 38.4 Å². The summed E-state index contributed by atoms with van der Waals surface area (Å²) in [5.41, 5.74) is 2.48. The predicted octanol–water partition coefficient (Wildman–Crippen LogP) is 4.66. The number of hydrogen-bond donors (Lipinski definition) is 2. The van der Waals surface area contributed by atoms with Crippen molar-refractivity contribution < 1.29 is 18.4 Å². The second-order valence-electron chi connectivity index (χ2n) is 7.27. The number of carbonyl (C=O) groups excluding carboxylic acids is 2. The van der Waals surface area contributed by atoms with Gasteiger partial charge in [-0.05, 0) is 37.6 Å². The van der Waals surface area contributed by atoms with Crippen LogP contribution in [-0.2, 0) is 0 Å². The molecule has 32 heavy (non-hydrogen) atoms. The van der Waals surface area contributed by atoms with Gasteiger partial charge in [-0.3, -0.25) is 9.59 Å². The number of benzene rings is 1. The molecule has 3 rings (SSSR count). The number of anilines is 1. The number of hydrogen-bond acceptors (Lipinski definition) is 3. The number of nitrogens with zero attached hydrogens (tertiary/aromatic N) is 2. The molecule has 1 aliphatic rings. The Kier molecular flexibility index (Phi) is 7.14. The Morgan fingerprint density at radius 3 is 2.66 bits per heavy atom. The minimum atomic E-state index is -0.797. The van der Waals surface area contributed by atoms with Crippen molar-refractivity contribution >= 4 is 23.2 Å². The van der Waals surface area contributed by atoms with Crippen LogP contribution >= 0.6 is 0 Å². The van der Waals surface area contributed by atoms with Crippen LogP contribution < -0.4 is 10.6 Å². The van der Waals surface area contributed by atoms with Crippen LogP contribution in [0, 0.1) is 13.8 Å². The van der Waals surface area contributed by atoms with Crippen molar-refractivity contribution in [3.05, 3.63) is 89.6 Å². The van der Waals surface area contributed by atoms with Gasteiger partial charge in [-0.1, -0.05) is 30.4 Å². The lowest BCUT2D eigenvalue weighted by Gasteiger charge is -2.12. The number of rotatable bonds is 9. The van der Waals surface area contributed by atoms with Crippen LogP contribution in [0.15, 0.2) is 67.2 Å². The molecule has 1 heterocycles. The van der Waals surface area contributed by atoms with Gasteiger partial charge in [0, 0.05) is 17.7 Å². The number of aromatic nitrogens is 2. The monoisotopic (exact) mass is 438 g/mol. The summed E-state index contributed by atoms with van der Waals surface area (Å²) >= 11 is 0. The van der Waals surface area contributed by atoms with Gasteiger partial charge in [-0.15, -0.1) is 6.58 Å². The molecule has 2 amide bonds. The van der Waals surface area contributed by atoms with Crippen LogP contribution in [0.5, 0.6) is 0 Å². The summed E-state index contributed by atoms with van der Waals surface area (Å²) in [6.45, 7) is 6.26. The van der Waals surface area contributed by atoms with E-state index in [-0.39, 0.29) is 29.6 Å². The molecule has 0 radical (unpaired) electrons. The van der Waals surface area contributed by atoms with Gasteiger partial charge in [-0.2, -0.15) is 5.10 Å². The fraction of sp³-hybridized carbons (Fsp3) is 0.208. The highest BCUT2D eigenvalue weighted by atomic mass is 19.1. The smallest absolute Gasteiger partial charge is 0.259 e. The molecule has 2 N–H and O–H groups in total. The molecule has 1 aromatic heterocycles. The Morgan fingerprint density at radius 1 is 1.25 bits per heavy atom. The molecule has 0 unspecified atom stereocenters. The molecule has 0 atom stereocenters. The van der Waals surface area contributed by atoms with Crippen LogP contribution in [0.25, 0.3) is 5.70 Å². The van der Waals surface area contributed by atoms with E-state index in [4.69, 9.17) is 0 Å². The van der Waals surface area contributed by atoms with E-state index in [1.165, 1.54) is 17.0 Å². The van der Waals surface area contributed by atoms with Crippen LogP contribution in [0.3, 0.4) is 0 Å². The van der Waals surface area contributed by atoms with Gasteiger partial charge in [0.25, 0.3) is 11.8 Å². The molecule has 6 nitrogen and oxygen atoms in total. The lowest BCUT2D eigenvalue weighted by atomic mass is 10.1. The first-order valence-electron chi connectivity index (χ1n) is 10.0. The average molecular weight is 438 g/mol. The molecule has 0 aliphatic heterocycles. The third-order valence-electron chi connectivity index (χ3n) is 4.91. The fourth-order valence-electron chi connectivity index (χ4n) is 3.04. The quantitative estimate of drug-likeness (QED) is 0.442. The third-order valence-corrected chi connectivity index (χ3v) is 4.91. The zero-order chi connectivity index (χ0) is 23.3. The van der Waals surface area contributed by atoms with Gasteiger partial charge in [0.05, 0.1) is 29.2 Å². The summed E-state index contributed by atoms with van der Waals surface area (Å²) in [6, 6.07) is 5.02. The van der Waals surface area contributed by atoms with Gasteiger partial charge < -0.3 is 10.6 Å². The van der Waals surface area contributed by atoms with E-state index in [0.29, 0.717) is 16.9 Å². The number of halogens is 2. The number of allylic oxidation sites excluding steroid dienone is 5. The number of aryl methyl sites for hydroxylation is 1. The van der Waals surface area contributed by atoms with Gasteiger partial charge >= 0.3 is 0 Å². The van der Waals surface area contributed by atoms with E-state index in [1.54, 1.807) is 25.1 Å². The molecule has 0 saturated carbocycles. The highest BCUT2D eigenvalue weighted by Crippen LogP contribution is 2.23. The second-order valence-corrected chi connectivity index (χ2v) is 7.27. The van der Waals surface area contributed by atoms with E-state index >= 15 is 0 Å². The summed E-state index contributed by atoms with van der Waals surface area (Å²) in [5.74, 6) is -1.35. The summed E-state index contributed by atoms with van der Waals surface area (Å²) in [6.07, 6.45) is 8.77. The van der Waals surface area contributed by atoms with Crippen molar-refractivity contribution in [2.45, 2.75) is 26.3 Å². The van der Waals surface area contributed by atoms with E-state index in [9.17, 15) is 18.4 Å². The first-order chi connectivity index (χ1) is 15.3. The summed E-state index contributed by atoms with van der Waals surface area (Å²) < 4.78 is 28.2. The van der Waals surface area contributed by atoms with Gasteiger partial charge in [-0.25, -0.2) is 13.5 Å². The Morgan fingerprint density at radius 2 is 2.00 bits per heavy atom. The number of carbonyl (C=O) groups is 2. The standard InChI is InChI=1S/C24H24F2N4O2/c1-4-6-22(20(26)7-5-12-25)30-16(3)19(14-27-30)24(32)29-21-13-17(9-8-15(21)2)23(31)28-18-10-11-18/h4-5,7-11,13-14,18H,1,6,12H2,2-3H3,(H,28,31)(H,29,32)/b7-5-,22-20-. The first-order valence-corrected chi connectivity index (χ1v) is 10.0. The average Bonchev–Trinajstić information content (AvgIpc) is 3.50. The summed E-state index contributed by atoms with van der Waals surface area (Å²) in [4.78, 5) is 25.2. The molecule has 0 saturated heterocycles. The van der Waals surface area contributed by atoms with Crippen molar-refractivity contribution in [1.29, 1.82) is 0 Å². The Hall–Kier alpha value is -3.81. The number of amides is 2. The van der Waals surface area contributed by atoms with E-state index < -0.39 is 18.4 Å². The Labute approximate surface area is 185 Å². The van der Waals surface area contributed by atoms with Gasteiger partial charge in [0.2, 0.25) is 0 Å². The van der Waals surface area contributed by atoms with Crippen LogP contribution in [0.2, 0.25) is 0 Å². The number of nitrogens with one attached hydrogen (secondary N) is 2. The lowest BCUT2D eigenvalue weighted by molar-refractivity contribution is 0.0952. The predicted molar refractivity (Wildman–Crippen MR) is 121 cm³/mol. The van der Waals surface area contributed by atoms with Crippen molar-refractivity contribution in [2.75, 3.05) is 12.0 Å². The maximum Gasteiger partial charge on any atom is 0.259 e. The zero-order valence-electron chi connectivity index (χ0n) is 17.9. The highest BCUT2D eigenvalue weighted by molar-refractivity contribution is 6.06. The van der Waals surface area contributed by atoms with E-state index in [0.717, 1.165) is 17.7 Å². The van der Waals surface area contributed by atoms with Gasteiger partial charge in [0.1, 0.15) is 12.5 Å². The summed E-state index contributed by atoms with van der Waals surface area (Å²) in [7, 11) is 0. The molecule has 8 heteroatoms. The maximum atomic E-state index is 14.5. The Bertz CT molecular complexity index is 1140. The first kappa shape index (κ1) is 22.9. The third kappa shape index (κ3) is 5.26. The molecule has 0 spiro atoms. The minimum Gasteiger partial charge on any atom is -0.342 e. The molecular formula is C24H24F2N4O2. The normalized spacial score (nSPS) is 13.8. The summed E-state index contributed by atoms with van der Waals surface area (Å²) in [5, 5.41) is 9.75. The molecule has 1 aliphatic carbocycles. The molecular weight excluding hydrogens is 414 g/mol. The molecule has 2 aromatic rings. The molecule has 166 valence electrons. The van der Waals surface area contributed by atoms with Crippen molar-refractivity contribution in [1.82, 2.24) is 15.1 Å². The largest absolute Gasteiger partial charge is 0.342 e. The fourth-order valence-corrected chi connectivity index (χ4v) is 3.04. The highest BCUT2D eigenvalue weighted by Gasteiger charge is 2.20.